The largest absolute Gasteiger partial charge is 0.370 e. The van der Waals surface area contributed by atoms with Crippen LogP contribution < -0.4 is 5.32 Å². The van der Waals surface area contributed by atoms with Gasteiger partial charge in [0.05, 0.1) is 17.4 Å². The molecular weight excluding hydrogens is 238 g/mol. The summed E-state index contributed by atoms with van der Waals surface area (Å²) in [6.45, 7) is 1.74. The predicted octanol–water partition coefficient (Wildman–Crippen LogP) is 2.45. The Labute approximate surface area is 115 Å². The van der Waals surface area contributed by atoms with Gasteiger partial charge in [-0.1, -0.05) is 19.3 Å². The van der Waals surface area contributed by atoms with E-state index in [1.54, 1.807) is 12.5 Å². The van der Waals surface area contributed by atoms with Crippen LogP contribution in [0.3, 0.4) is 0 Å². The van der Waals surface area contributed by atoms with Gasteiger partial charge in [-0.15, -0.1) is 0 Å². The van der Waals surface area contributed by atoms with Crippen molar-refractivity contribution in [1.29, 1.82) is 0 Å². The third kappa shape index (κ3) is 3.31. The van der Waals surface area contributed by atoms with E-state index in [4.69, 9.17) is 4.74 Å². The summed E-state index contributed by atoms with van der Waals surface area (Å²) >= 11 is 0. The minimum Gasteiger partial charge on any atom is -0.370 e. The summed E-state index contributed by atoms with van der Waals surface area (Å²) in [7, 11) is 0. The van der Waals surface area contributed by atoms with Crippen LogP contribution >= 0.6 is 0 Å². The number of nitrogens with one attached hydrogen (secondary N) is 1. The zero-order valence-corrected chi connectivity index (χ0v) is 11.5. The van der Waals surface area contributed by atoms with Crippen LogP contribution in [0.25, 0.3) is 0 Å². The van der Waals surface area contributed by atoms with E-state index in [0.29, 0.717) is 6.10 Å². The minimum atomic E-state index is 0.236. The summed E-state index contributed by atoms with van der Waals surface area (Å²) in [6, 6.07) is 1.95. The van der Waals surface area contributed by atoms with E-state index in [1.807, 2.05) is 6.07 Å². The Kier molecular flexibility index (Phi) is 4.09. The molecule has 0 radical (unpaired) electrons. The maximum Gasteiger partial charge on any atom is 0.115 e. The van der Waals surface area contributed by atoms with Crippen molar-refractivity contribution in [3.63, 3.8) is 0 Å². The van der Waals surface area contributed by atoms with Crippen molar-refractivity contribution < 1.29 is 4.74 Å². The topological polar surface area (TPSA) is 47.0 Å². The van der Waals surface area contributed by atoms with Crippen molar-refractivity contribution in [1.82, 2.24) is 15.3 Å². The molecule has 1 aromatic rings. The average Bonchev–Trinajstić information content (AvgIpc) is 2.84. The normalized spacial score (nSPS) is 25.8. The van der Waals surface area contributed by atoms with Crippen LogP contribution in [-0.4, -0.2) is 28.2 Å². The van der Waals surface area contributed by atoms with Crippen LogP contribution in [0.1, 0.15) is 50.6 Å². The van der Waals surface area contributed by atoms with Gasteiger partial charge >= 0.3 is 0 Å². The van der Waals surface area contributed by atoms with E-state index >= 15 is 0 Å². The standard InChI is InChI=1S/C15H23N3O/c1-2-6-15(7-3-1)8-4-14(19-15)11-17-10-13-5-9-16-12-18-13/h5,9,12,14,17H,1-4,6-8,10-11H2. The predicted molar refractivity (Wildman–Crippen MR) is 73.7 cm³/mol. The first-order valence-corrected chi connectivity index (χ1v) is 7.50. The van der Waals surface area contributed by atoms with Gasteiger partial charge in [0.25, 0.3) is 0 Å². The highest BCUT2D eigenvalue weighted by molar-refractivity contribution is 4.97. The van der Waals surface area contributed by atoms with Gasteiger partial charge in [-0.25, -0.2) is 9.97 Å². The lowest BCUT2D eigenvalue weighted by atomic mass is 9.83. The van der Waals surface area contributed by atoms with Crippen molar-refractivity contribution in [3.05, 3.63) is 24.3 Å². The van der Waals surface area contributed by atoms with Crippen molar-refractivity contribution in [3.8, 4) is 0 Å². The summed E-state index contributed by atoms with van der Waals surface area (Å²) in [4.78, 5) is 8.14. The molecule has 0 amide bonds. The minimum absolute atomic E-state index is 0.236. The first kappa shape index (κ1) is 13.0. The molecule has 0 bridgehead atoms. The van der Waals surface area contributed by atoms with E-state index in [1.165, 1.54) is 44.9 Å². The second-order valence-electron chi connectivity index (χ2n) is 5.85. The number of aromatic nitrogens is 2. The molecule has 1 saturated carbocycles. The van der Waals surface area contributed by atoms with E-state index in [-0.39, 0.29) is 5.60 Å². The maximum absolute atomic E-state index is 6.33. The van der Waals surface area contributed by atoms with Crippen molar-refractivity contribution in [2.24, 2.45) is 0 Å². The molecule has 1 saturated heterocycles. The SMILES string of the molecule is c1cc(CNCC2CCC3(CCCCC3)O2)ncn1. The third-order valence-electron chi connectivity index (χ3n) is 4.42. The maximum atomic E-state index is 6.33. The lowest BCUT2D eigenvalue weighted by molar-refractivity contribution is -0.0624. The second-order valence-corrected chi connectivity index (χ2v) is 5.85. The molecule has 3 rings (SSSR count). The highest BCUT2D eigenvalue weighted by atomic mass is 16.5. The summed E-state index contributed by atoms with van der Waals surface area (Å²) in [5.74, 6) is 0. The summed E-state index contributed by atoms with van der Waals surface area (Å²) in [5, 5.41) is 3.45. The molecular formula is C15H23N3O. The zero-order valence-electron chi connectivity index (χ0n) is 11.5. The highest BCUT2D eigenvalue weighted by Crippen LogP contribution is 2.41. The van der Waals surface area contributed by atoms with E-state index in [0.717, 1.165) is 18.8 Å². The Bertz CT molecular complexity index is 390. The first-order valence-electron chi connectivity index (χ1n) is 7.50. The Hall–Kier alpha value is -1.00. The molecule has 1 aliphatic heterocycles. The molecule has 19 heavy (non-hydrogen) atoms. The Morgan fingerprint density at radius 1 is 1.26 bits per heavy atom. The zero-order chi connectivity index (χ0) is 13.0. The molecule has 2 heterocycles. The Morgan fingerprint density at radius 2 is 2.16 bits per heavy atom. The molecule has 104 valence electrons. The van der Waals surface area contributed by atoms with Crippen LogP contribution in [0.2, 0.25) is 0 Å². The van der Waals surface area contributed by atoms with Crippen molar-refractivity contribution >= 4 is 0 Å². The first-order chi connectivity index (χ1) is 9.36. The molecule has 2 fully saturated rings. The smallest absolute Gasteiger partial charge is 0.115 e. The molecule has 1 spiro atoms. The van der Waals surface area contributed by atoms with Gasteiger partial charge in [0.2, 0.25) is 0 Å². The fourth-order valence-corrected chi connectivity index (χ4v) is 3.39. The molecule has 1 unspecified atom stereocenters. The van der Waals surface area contributed by atoms with Gasteiger partial charge in [0.1, 0.15) is 6.33 Å². The highest BCUT2D eigenvalue weighted by Gasteiger charge is 2.40. The summed E-state index contributed by atoms with van der Waals surface area (Å²) in [5.41, 5.74) is 1.28. The van der Waals surface area contributed by atoms with Gasteiger partial charge in [-0.05, 0) is 31.7 Å². The van der Waals surface area contributed by atoms with Crippen LogP contribution in [0, 0.1) is 0 Å². The monoisotopic (exact) mass is 261 g/mol. The van der Waals surface area contributed by atoms with E-state index in [9.17, 15) is 0 Å². The summed E-state index contributed by atoms with van der Waals surface area (Å²) in [6.07, 6.45) is 12.9. The quantitative estimate of drug-likeness (QED) is 0.904. The Morgan fingerprint density at radius 3 is 2.95 bits per heavy atom. The van der Waals surface area contributed by atoms with Crippen LogP contribution in [0.4, 0.5) is 0 Å². The van der Waals surface area contributed by atoms with Crippen molar-refractivity contribution in [2.45, 2.75) is 63.2 Å². The molecule has 4 nitrogen and oxygen atoms in total. The van der Waals surface area contributed by atoms with Gasteiger partial charge in [0.15, 0.2) is 0 Å². The third-order valence-corrected chi connectivity index (χ3v) is 4.42. The molecule has 1 aromatic heterocycles. The number of hydrogen-bond acceptors (Lipinski definition) is 4. The van der Waals surface area contributed by atoms with Crippen LogP contribution in [0.5, 0.6) is 0 Å². The van der Waals surface area contributed by atoms with Gasteiger partial charge in [-0.3, -0.25) is 0 Å². The van der Waals surface area contributed by atoms with Crippen molar-refractivity contribution in [2.75, 3.05) is 6.54 Å². The average molecular weight is 261 g/mol. The second kappa shape index (κ2) is 5.97. The number of rotatable bonds is 4. The Balaban J connectivity index is 1.42. The fraction of sp³-hybridized carbons (Fsp3) is 0.733. The molecule has 2 aliphatic rings. The van der Waals surface area contributed by atoms with Gasteiger partial charge in [0, 0.05) is 19.3 Å². The lowest BCUT2D eigenvalue weighted by Crippen LogP contribution is -2.34. The van der Waals surface area contributed by atoms with Crippen LogP contribution in [0.15, 0.2) is 18.6 Å². The summed E-state index contributed by atoms with van der Waals surface area (Å²) < 4.78 is 6.33. The number of ether oxygens (including phenoxy) is 1. The molecule has 4 heteroatoms. The van der Waals surface area contributed by atoms with Gasteiger partial charge in [-0.2, -0.15) is 0 Å². The fourth-order valence-electron chi connectivity index (χ4n) is 3.39. The van der Waals surface area contributed by atoms with E-state index in [2.05, 4.69) is 15.3 Å². The molecule has 1 N–H and O–H groups in total. The molecule has 1 atom stereocenters. The number of nitrogens with zero attached hydrogens (tertiary/aromatic N) is 2. The van der Waals surface area contributed by atoms with Gasteiger partial charge < -0.3 is 10.1 Å². The number of hydrogen-bond donors (Lipinski definition) is 1. The molecule has 0 aromatic carbocycles. The van der Waals surface area contributed by atoms with Crippen LogP contribution in [-0.2, 0) is 11.3 Å². The van der Waals surface area contributed by atoms with E-state index < -0.39 is 0 Å². The molecule has 1 aliphatic carbocycles. The lowest BCUT2D eigenvalue weighted by Gasteiger charge is -2.33.